The second-order valence-electron chi connectivity index (χ2n) is 5.90. The molecule has 0 aliphatic carbocycles. The van der Waals surface area contributed by atoms with Gasteiger partial charge in [0.1, 0.15) is 11.5 Å². The zero-order valence-corrected chi connectivity index (χ0v) is 14.1. The van der Waals surface area contributed by atoms with Crippen LogP contribution in [0.4, 0.5) is 5.69 Å². The first-order valence-corrected chi connectivity index (χ1v) is 8.02. The van der Waals surface area contributed by atoms with Crippen molar-refractivity contribution in [3.8, 4) is 5.69 Å². The lowest BCUT2D eigenvalue weighted by atomic mass is 9.99. The molecule has 0 amide bonds. The smallest absolute Gasteiger partial charge is 0.338 e. The molecule has 25 heavy (non-hydrogen) atoms. The molecule has 2 heterocycles. The van der Waals surface area contributed by atoms with E-state index in [1.807, 2.05) is 0 Å². The molecule has 1 aliphatic rings. The van der Waals surface area contributed by atoms with Crippen molar-refractivity contribution in [1.29, 1.82) is 0 Å². The lowest BCUT2D eigenvalue weighted by molar-refractivity contribution is -0.385. The molecule has 0 atom stereocenters. The van der Waals surface area contributed by atoms with Crippen LogP contribution in [0.3, 0.4) is 0 Å². The van der Waals surface area contributed by atoms with Gasteiger partial charge in [-0.3, -0.25) is 14.7 Å². The van der Waals surface area contributed by atoms with Gasteiger partial charge in [0.05, 0.1) is 17.6 Å². The van der Waals surface area contributed by atoms with Gasteiger partial charge in [0.15, 0.2) is 0 Å². The van der Waals surface area contributed by atoms with Crippen LogP contribution < -0.4 is 0 Å². The van der Waals surface area contributed by atoms with E-state index in [4.69, 9.17) is 9.47 Å². The molecule has 1 aromatic carbocycles. The summed E-state index contributed by atoms with van der Waals surface area (Å²) >= 11 is 0. The predicted molar refractivity (Wildman–Crippen MR) is 89.1 cm³/mol. The van der Waals surface area contributed by atoms with Crippen LogP contribution in [0.15, 0.2) is 24.5 Å². The Morgan fingerprint density at radius 2 is 2.12 bits per heavy atom. The molecule has 0 spiro atoms. The monoisotopic (exact) mass is 345 g/mol. The number of benzene rings is 1. The first-order valence-electron chi connectivity index (χ1n) is 8.02. The number of ether oxygens (including phenoxy) is 2. The number of nitro benzene ring substituents is 1. The molecule has 1 aliphatic heterocycles. The summed E-state index contributed by atoms with van der Waals surface area (Å²) in [6.45, 7) is 2.86. The molecule has 2 aromatic rings. The van der Waals surface area contributed by atoms with Crippen molar-refractivity contribution < 1.29 is 19.2 Å². The van der Waals surface area contributed by atoms with Crippen LogP contribution >= 0.6 is 0 Å². The van der Waals surface area contributed by atoms with Gasteiger partial charge in [-0.25, -0.2) is 9.78 Å². The zero-order chi connectivity index (χ0) is 18.0. The minimum atomic E-state index is -0.595. The van der Waals surface area contributed by atoms with Crippen molar-refractivity contribution in [2.75, 3.05) is 20.3 Å². The molecule has 8 nitrogen and oxygen atoms in total. The molecule has 132 valence electrons. The van der Waals surface area contributed by atoms with Gasteiger partial charge in [-0.1, -0.05) is 0 Å². The molecule has 0 bridgehead atoms. The highest BCUT2D eigenvalue weighted by Gasteiger charge is 2.28. The fraction of sp³-hybridized carbons (Fsp3) is 0.412. The van der Waals surface area contributed by atoms with Gasteiger partial charge in [0.25, 0.3) is 5.69 Å². The summed E-state index contributed by atoms with van der Waals surface area (Å²) in [7, 11) is 1.25. The Morgan fingerprint density at radius 1 is 1.40 bits per heavy atom. The molecule has 0 unspecified atom stereocenters. The van der Waals surface area contributed by atoms with Crippen LogP contribution in [0.25, 0.3) is 5.69 Å². The highest BCUT2D eigenvalue weighted by molar-refractivity contribution is 5.93. The van der Waals surface area contributed by atoms with Gasteiger partial charge in [-0.15, -0.1) is 0 Å². The Morgan fingerprint density at radius 3 is 2.76 bits per heavy atom. The van der Waals surface area contributed by atoms with Crippen LogP contribution in [0.5, 0.6) is 0 Å². The standard InChI is InChI=1S/C17H19N3O5/c1-11-13(17(21)24-2)3-4-14(15(11)20(22)23)19-8-7-18-16(19)12-5-9-25-10-6-12/h3-4,7-8,12H,5-6,9-10H2,1-2H3. The SMILES string of the molecule is COC(=O)c1ccc(-n2ccnc2C2CCOCC2)c([N+](=O)[O-])c1C. The number of carbonyl (C=O) groups excluding carboxylic acids is 1. The highest BCUT2D eigenvalue weighted by atomic mass is 16.6. The maximum Gasteiger partial charge on any atom is 0.338 e. The van der Waals surface area contributed by atoms with Crippen molar-refractivity contribution in [3.63, 3.8) is 0 Å². The van der Waals surface area contributed by atoms with Crippen LogP contribution in [0, 0.1) is 17.0 Å². The van der Waals surface area contributed by atoms with Gasteiger partial charge in [-0.05, 0) is 31.9 Å². The molecule has 1 fully saturated rings. The first-order chi connectivity index (χ1) is 12.0. The largest absolute Gasteiger partial charge is 0.465 e. The average molecular weight is 345 g/mol. The molecule has 0 saturated carbocycles. The molecule has 8 heteroatoms. The third kappa shape index (κ3) is 3.12. The van der Waals surface area contributed by atoms with Crippen LogP contribution in [0.2, 0.25) is 0 Å². The third-order valence-corrected chi connectivity index (χ3v) is 4.51. The van der Waals surface area contributed by atoms with Gasteiger partial charge in [0.2, 0.25) is 0 Å². The number of aromatic nitrogens is 2. The summed E-state index contributed by atoms with van der Waals surface area (Å²) in [6.07, 6.45) is 5.00. The molecular formula is C17H19N3O5. The molecule has 0 radical (unpaired) electrons. The summed E-state index contributed by atoms with van der Waals surface area (Å²) < 4.78 is 11.8. The molecule has 0 N–H and O–H groups in total. The number of nitro groups is 1. The number of imidazole rings is 1. The summed E-state index contributed by atoms with van der Waals surface area (Å²) in [5.41, 5.74) is 0.745. The number of hydrogen-bond donors (Lipinski definition) is 0. The Balaban J connectivity index is 2.12. The maximum atomic E-state index is 11.8. The zero-order valence-electron chi connectivity index (χ0n) is 14.1. The highest BCUT2D eigenvalue weighted by Crippen LogP contribution is 2.34. The van der Waals surface area contributed by atoms with E-state index in [0.29, 0.717) is 18.9 Å². The second kappa shape index (κ2) is 7.02. The molecule has 1 aromatic heterocycles. The quantitative estimate of drug-likeness (QED) is 0.480. The minimum absolute atomic E-state index is 0.116. The normalized spacial score (nSPS) is 15.1. The van der Waals surface area contributed by atoms with Crippen LogP contribution in [-0.4, -0.2) is 40.8 Å². The fourth-order valence-corrected chi connectivity index (χ4v) is 3.22. The minimum Gasteiger partial charge on any atom is -0.465 e. The topological polar surface area (TPSA) is 96.5 Å². The van der Waals surface area contributed by atoms with Gasteiger partial charge in [0, 0.05) is 37.1 Å². The second-order valence-corrected chi connectivity index (χ2v) is 5.90. The number of esters is 1. The van der Waals surface area contributed by atoms with Crippen molar-refractivity contribution in [1.82, 2.24) is 9.55 Å². The maximum absolute atomic E-state index is 11.8. The van der Waals surface area contributed by atoms with Crippen molar-refractivity contribution in [2.24, 2.45) is 0 Å². The molecular weight excluding hydrogens is 326 g/mol. The molecule has 3 rings (SSSR count). The van der Waals surface area contributed by atoms with E-state index in [-0.39, 0.29) is 22.7 Å². The summed E-state index contributed by atoms with van der Waals surface area (Å²) in [4.78, 5) is 27.5. The number of hydrogen-bond acceptors (Lipinski definition) is 6. The van der Waals surface area contributed by atoms with E-state index in [0.717, 1.165) is 18.7 Å². The summed E-state index contributed by atoms with van der Waals surface area (Å²) in [5, 5.41) is 11.7. The first kappa shape index (κ1) is 17.1. The van der Waals surface area contributed by atoms with Crippen LogP contribution in [-0.2, 0) is 9.47 Å². The average Bonchev–Trinajstić information content (AvgIpc) is 3.10. The van der Waals surface area contributed by atoms with E-state index in [1.54, 1.807) is 36.0 Å². The van der Waals surface area contributed by atoms with Crippen molar-refractivity contribution in [3.05, 3.63) is 51.6 Å². The van der Waals surface area contributed by atoms with Gasteiger partial charge < -0.3 is 9.47 Å². The Bertz CT molecular complexity index is 809. The fourth-order valence-electron chi connectivity index (χ4n) is 3.22. The lowest BCUT2D eigenvalue weighted by Gasteiger charge is -2.22. The van der Waals surface area contributed by atoms with Crippen molar-refractivity contribution >= 4 is 11.7 Å². The van der Waals surface area contributed by atoms with Gasteiger partial charge >= 0.3 is 5.97 Å². The Kier molecular flexibility index (Phi) is 4.80. The molecule has 1 saturated heterocycles. The predicted octanol–water partition coefficient (Wildman–Crippen LogP) is 2.77. The summed E-state index contributed by atoms with van der Waals surface area (Å²) in [6, 6.07) is 3.12. The van der Waals surface area contributed by atoms with Crippen molar-refractivity contribution in [2.45, 2.75) is 25.7 Å². The van der Waals surface area contributed by atoms with E-state index in [9.17, 15) is 14.9 Å². The van der Waals surface area contributed by atoms with E-state index < -0.39 is 10.9 Å². The third-order valence-electron chi connectivity index (χ3n) is 4.51. The van der Waals surface area contributed by atoms with E-state index >= 15 is 0 Å². The number of methoxy groups -OCH3 is 1. The van der Waals surface area contributed by atoms with Gasteiger partial charge in [-0.2, -0.15) is 0 Å². The summed E-state index contributed by atoms with van der Waals surface area (Å²) in [5.74, 6) is 0.364. The Labute approximate surface area is 144 Å². The Hall–Kier alpha value is -2.74. The lowest BCUT2D eigenvalue weighted by Crippen LogP contribution is -2.18. The number of carbonyl (C=O) groups is 1. The number of rotatable bonds is 4. The van der Waals surface area contributed by atoms with E-state index in [2.05, 4.69) is 4.98 Å². The van der Waals surface area contributed by atoms with E-state index in [1.165, 1.54) is 7.11 Å². The number of nitrogens with zero attached hydrogens (tertiary/aromatic N) is 3. The van der Waals surface area contributed by atoms with Crippen LogP contribution in [0.1, 0.15) is 40.5 Å².